The fourth-order valence-corrected chi connectivity index (χ4v) is 0.854. The number of rotatable bonds is 0. The predicted octanol–water partition coefficient (Wildman–Crippen LogP) is -0.00402. The molecule has 2 aromatic heterocycles. The molecule has 0 spiro atoms. The van der Waals surface area contributed by atoms with Gasteiger partial charge in [0.1, 0.15) is 6.07 Å². The maximum atomic E-state index is 8.60. The molecule has 52 valence electrons. The molecule has 2 rings (SSSR count). The summed E-state index contributed by atoms with van der Waals surface area (Å²) in [5.74, 6) is 0. The van der Waals surface area contributed by atoms with Crippen LogP contribution in [0, 0.1) is 11.3 Å². The number of fused-ring (bicyclic) bond motifs is 1. The van der Waals surface area contributed by atoms with Gasteiger partial charge in [0.2, 0.25) is 0 Å². The van der Waals surface area contributed by atoms with Crippen molar-refractivity contribution in [2.45, 2.75) is 0 Å². The summed E-state index contributed by atoms with van der Waals surface area (Å²) in [5, 5.41) is 19.3. The molecule has 0 amide bonds. The van der Waals surface area contributed by atoms with Gasteiger partial charge in [-0.2, -0.15) is 9.78 Å². The van der Waals surface area contributed by atoms with Gasteiger partial charge in [0, 0.05) is 6.20 Å². The third-order valence-electron chi connectivity index (χ3n) is 1.34. The van der Waals surface area contributed by atoms with Crippen molar-refractivity contribution >= 4 is 5.65 Å². The summed E-state index contributed by atoms with van der Waals surface area (Å²) in [4.78, 5) is 0. The third kappa shape index (κ3) is 0.730. The van der Waals surface area contributed by atoms with E-state index in [2.05, 4.69) is 15.5 Å². The summed E-state index contributed by atoms with van der Waals surface area (Å²) < 4.78 is 1.46. The number of nitrogens with zero attached hydrogens (tertiary/aromatic N) is 5. The largest absolute Gasteiger partial charge is 0.199 e. The Labute approximate surface area is 61.9 Å². The topological polar surface area (TPSA) is 66.9 Å². The van der Waals surface area contributed by atoms with E-state index in [0.29, 0.717) is 11.2 Å². The summed E-state index contributed by atoms with van der Waals surface area (Å²) in [6.07, 6.45) is 1.69. The maximum Gasteiger partial charge on any atom is 0.196 e. The maximum absolute atomic E-state index is 8.60. The van der Waals surface area contributed by atoms with Crippen LogP contribution in [0.2, 0.25) is 0 Å². The number of hydrogen-bond donors (Lipinski definition) is 0. The highest BCUT2D eigenvalue weighted by molar-refractivity contribution is 5.52. The highest BCUT2D eigenvalue weighted by Gasteiger charge is 2.00. The monoisotopic (exact) mass is 145 g/mol. The van der Waals surface area contributed by atoms with E-state index in [1.54, 1.807) is 18.3 Å². The number of nitriles is 1. The molecule has 0 saturated carbocycles. The molecule has 0 N–H and O–H groups in total. The minimum absolute atomic E-state index is 0.484. The summed E-state index contributed by atoms with van der Waals surface area (Å²) in [5.41, 5.74) is 0.979. The molecule has 0 aliphatic heterocycles. The van der Waals surface area contributed by atoms with Gasteiger partial charge in [0.05, 0.1) is 5.56 Å². The number of pyridine rings is 1. The Balaban J connectivity index is 2.92. The molecule has 2 heterocycles. The van der Waals surface area contributed by atoms with Crippen LogP contribution in [0.4, 0.5) is 0 Å². The molecule has 11 heavy (non-hydrogen) atoms. The highest BCUT2D eigenvalue weighted by atomic mass is 15.5. The SMILES string of the molecule is N#Cc1cccn2nnnc12. The number of aromatic nitrogens is 4. The second-order valence-electron chi connectivity index (χ2n) is 1.98. The van der Waals surface area contributed by atoms with Crippen LogP contribution in [-0.2, 0) is 0 Å². The first kappa shape index (κ1) is 5.80. The van der Waals surface area contributed by atoms with Gasteiger partial charge in [-0.1, -0.05) is 0 Å². The molecule has 0 radical (unpaired) electrons. The van der Waals surface area contributed by atoms with E-state index in [1.807, 2.05) is 6.07 Å². The molecular formula is C6H3N5. The normalized spacial score (nSPS) is 9.73. The van der Waals surface area contributed by atoms with Crippen molar-refractivity contribution < 1.29 is 0 Å². The fraction of sp³-hybridized carbons (Fsp3) is 0. The van der Waals surface area contributed by atoms with Crippen LogP contribution >= 0.6 is 0 Å². The van der Waals surface area contributed by atoms with E-state index in [-0.39, 0.29) is 0 Å². The van der Waals surface area contributed by atoms with Crippen LogP contribution in [0.1, 0.15) is 5.56 Å². The van der Waals surface area contributed by atoms with Crippen molar-refractivity contribution in [1.82, 2.24) is 20.0 Å². The van der Waals surface area contributed by atoms with Gasteiger partial charge in [-0.15, -0.1) is 5.10 Å². The molecule has 0 aromatic carbocycles. The second-order valence-corrected chi connectivity index (χ2v) is 1.98. The summed E-state index contributed by atoms with van der Waals surface area (Å²) in [6, 6.07) is 5.39. The lowest BCUT2D eigenvalue weighted by Gasteiger charge is -1.88. The van der Waals surface area contributed by atoms with Gasteiger partial charge in [0.25, 0.3) is 0 Å². The minimum atomic E-state index is 0.484. The van der Waals surface area contributed by atoms with Gasteiger partial charge in [-0.3, -0.25) is 0 Å². The zero-order chi connectivity index (χ0) is 7.68. The molecule has 0 unspecified atom stereocenters. The Morgan fingerprint density at radius 2 is 2.45 bits per heavy atom. The summed E-state index contributed by atoms with van der Waals surface area (Å²) in [7, 11) is 0. The Morgan fingerprint density at radius 3 is 3.27 bits per heavy atom. The lowest BCUT2D eigenvalue weighted by Crippen LogP contribution is -1.88. The molecule has 0 atom stereocenters. The molecule has 0 bridgehead atoms. The van der Waals surface area contributed by atoms with Crippen molar-refractivity contribution in [3.8, 4) is 6.07 Å². The first-order valence-corrected chi connectivity index (χ1v) is 2.98. The van der Waals surface area contributed by atoms with E-state index in [9.17, 15) is 0 Å². The lowest BCUT2D eigenvalue weighted by atomic mass is 10.3. The van der Waals surface area contributed by atoms with Crippen LogP contribution in [0.15, 0.2) is 18.3 Å². The van der Waals surface area contributed by atoms with Gasteiger partial charge in [0.15, 0.2) is 5.65 Å². The molecule has 0 aliphatic carbocycles. The van der Waals surface area contributed by atoms with Crippen molar-refractivity contribution in [3.63, 3.8) is 0 Å². The van der Waals surface area contributed by atoms with E-state index in [1.165, 1.54) is 4.52 Å². The fourth-order valence-electron chi connectivity index (χ4n) is 0.854. The molecule has 5 nitrogen and oxygen atoms in total. The van der Waals surface area contributed by atoms with Gasteiger partial charge in [-0.25, -0.2) is 0 Å². The zero-order valence-corrected chi connectivity index (χ0v) is 5.47. The third-order valence-corrected chi connectivity index (χ3v) is 1.34. The average molecular weight is 145 g/mol. The standard InChI is InChI=1S/C6H3N5/c7-4-5-2-1-3-11-6(5)8-9-10-11/h1-3H. The molecular weight excluding hydrogens is 142 g/mol. The van der Waals surface area contributed by atoms with Crippen LogP contribution in [0.25, 0.3) is 5.65 Å². The van der Waals surface area contributed by atoms with Crippen molar-refractivity contribution in [3.05, 3.63) is 23.9 Å². The Morgan fingerprint density at radius 1 is 1.55 bits per heavy atom. The molecule has 0 fully saturated rings. The Hall–Kier alpha value is -1.96. The average Bonchev–Trinajstić information content (AvgIpc) is 2.50. The Kier molecular flexibility index (Phi) is 1.07. The molecule has 0 aliphatic rings. The molecule has 0 saturated heterocycles. The lowest BCUT2D eigenvalue weighted by molar-refractivity contribution is 0.823. The predicted molar refractivity (Wildman–Crippen MR) is 35.5 cm³/mol. The van der Waals surface area contributed by atoms with Crippen LogP contribution in [-0.4, -0.2) is 20.0 Å². The first-order chi connectivity index (χ1) is 5.42. The van der Waals surface area contributed by atoms with E-state index in [4.69, 9.17) is 5.26 Å². The van der Waals surface area contributed by atoms with Crippen molar-refractivity contribution in [2.75, 3.05) is 0 Å². The van der Waals surface area contributed by atoms with Crippen molar-refractivity contribution in [1.29, 1.82) is 5.26 Å². The quantitative estimate of drug-likeness (QED) is 0.523. The van der Waals surface area contributed by atoms with Crippen molar-refractivity contribution in [2.24, 2.45) is 0 Å². The smallest absolute Gasteiger partial charge is 0.196 e. The van der Waals surface area contributed by atoms with E-state index >= 15 is 0 Å². The molecule has 5 heteroatoms. The molecule has 2 aromatic rings. The van der Waals surface area contributed by atoms with Gasteiger partial charge >= 0.3 is 0 Å². The van der Waals surface area contributed by atoms with Crippen LogP contribution < -0.4 is 0 Å². The second kappa shape index (κ2) is 2.02. The van der Waals surface area contributed by atoms with Gasteiger partial charge in [-0.05, 0) is 22.6 Å². The first-order valence-electron chi connectivity index (χ1n) is 2.98. The Bertz CT molecular complexity index is 424. The minimum Gasteiger partial charge on any atom is -0.199 e. The van der Waals surface area contributed by atoms with E-state index < -0.39 is 0 Å². The van der Waals surface area contributed by atoms with Crippen LogP contribution in [0.3, 0.4) is 0 Å². The van der Waals surface area contributed by atoms with Gasteiger partial charge < -0.3 is 0 Å². The van der Waals surface area contributed by atoms with E-state index in [0.717, 1.165) is 0 Å². The zero-order valence-electron chi connectivity index (χ0n) is 5.47. The number of hydrogen-bond acceptors (Lipinski definition) is 4. The highest BCUT2D eigenvalue weighted by Crippen LogP contribution is 2.02. The summed E-state index contributed by atoms with van der Waals surface area (Å²) >= 11 is 0. The number of tetrazole rings is 1. The summed E-state index contributed by atoms with van der Waals surface area (Å²) in [6.45, 7) is 0. The van der Waals surface area contributed by atoms with Crippen LogP contribution in [0.5, 0.6) is 0 Å².